The van der Waals surface area contributed by atoms with E-state index in [0.717, 1.165) is 36.1 Å². The molecule has 2 fully saturated rings. The predicted octanol–water partition coefficient (Wildman–Crippen LogP) is 4.07. The van der Waals surface area contributed by atoms with E-state index in [4.69, 9.17) is 4.74 Å². The molecule has 2 N–H and O–H groups in total. The van der Waals surface area contributed by atoms with E-state index in [9.17, 15) is 9.59 Å². The predicted molar refractivity (Wildman–Crippen MR) is 147 cm³/mol. The molecule has 0 bridgehead atoms. The Morgan fingerprint density at radius 3 is 2.58 bits per heavy atom. The van der Waals surface area contributed by atoms with E-state index in [0.29, 0.717) is 34.8 Å². The molecule has 1 saturated carbocycles. The van der Waals surface area contributed by atoms with Gasteiger partial charge in [0.2, 0.25) is 0 Å². The van der Waals surface area contributed by atoms with Crippen molar-refractivity contribution in [3.8, 4) is 0 Å². The number of hydrogen-bond donors (Lipinski definition) is 2. The number of hydrogen-bond acceptors (Lipinski definition) is 4. The fraction of sp³-hybridized carbons (Fsp3) is 0.517. The molecule has 1 aromatic heterocycles. The number of carbonyl (C=O) groups is 1. The van der Waals surface area contributed by atoms with Crippen molar-refractivity contribution in [3.05, 3.63) is 80.6 Å². The van der Waals surface area contributed by atoms with Crippen LogP contribution >= 0.6 is 0 Å². The minimum Gasteiger partial charge on any atom is -0.379 e. The first kappa shape index (κ1) is 26.4. The number of methoxy groups -OCH3 is 1. The van der Waals surface area contributed by atoms with Gasteiger partial charge in [-0.15, -0.1) is 5.98 Å². The fourth-order valence-corrected chi connectivity index (χ4v) is 6.00. The molecular formula is C29H40BN3O3. The molecule has 1 amide bonds. The van der Waals surface area contributed by atoms with Crippen LogP contribution in [0, 0.1) is 19.8 Å². The lowest BCUT2D eigenvalue weighted by atomic mass is 9.39. The maximum Gasteiger partial charge on any atom is 0.253 e. The van der Waals surface area contributed by atoms with Crippen molar-refractivity contribution in [3.63, 3.8) is 0 Å². The summed E-state index contributed by atoms with van der Waals surface area (Å²) in [6.45, 7) is 12.5. The topological polar surface area (TPSA) is 74.4 Å². The lowest BCUT2D eigenvalue weighted by molar-refractivity contribution is -0.117. The molecule has 0 aromatic carbocycles. The van der Waals surface area contributed by atoms with Crippen LogP contribution in [0.4, 0.5) is 0 Å². The molecular weight excluding hydrogens is 449 g/mol. The summed E-state index contributed by atoms with van der Waals surface area (Å²) in [5, 5.41) is 2.99. The van der Waals surface area contributed by atoms with Crippen LogP contribution in [0.15, 0.2) is 58.3 Å². The molecule has 0 unspecified atom stereocenters. The molecule has 1 saturated heterocycles. The number of rotatable bonds is 7. The highest BCUT2D eigenvalue weighted by Crippen LogP contribution is 2.35. The highest BCUT2D eigenvalue weighted by Gasteiger charge is 2.35. The summed E-state index contributed by atoms with van der Waals surface area (Å²) in [7, 11) is 1.80. The van der Waals surface area contributed by atoms with Crippen molar-refractivity contribution < 1.29 is 9.53 Å². The molecule has 4 rings (SSSR count). The van der Waals surface area contributed by atoms with Crippen molar-refractivity contribution in [2.45, 2.75) is 71.5 Å². The molecule has 1 aromatic rings. The van der Waals surface area contributed by atoms with Crippen LogP contribution in [0.5, 0.6) is 0 Å². The van der Waals surface area contributed by atoms with Crippen molar-refractivity contribution >= 4 is 12.6 Å². The lowest BCUT2D eigenvalue weighted by Gasteiger charge is -2.46. The van der Waals surface area contributed by atoms with Crippen LogP contribution in [-0.2, 0) is 16.1 Å². The molecule has 192 valence electrons. The third-order valence-electron chi connectivity index (χ3n) is 8.30. The zero-order chi connectivity index (χ0) is 25.8. The molecule has 0 spiro atoms. The van der Waals surface area contributed by atoms with E-state index in [1.165, 1.54) is 25.7 Å². The van der Waals surface area contributed by atoms with Crippen LogP contribution in [0.1, 0.15) is 49.4 Å². The van der Waals surface area contributed by atoms with Gasteiger partial charge in [-0.25, -0.2) is 0 Å². The summed E-state index contributed by atoms with van der Waals surface area (Å²) >= 11 is 0. The summed E-state index contributed by atoms with van der Waals surface area (Å²) in [6, 6.07) is 2.62. The molecule has 0 atom stereocenters. The number of ether oxygens (including phenoxy) is 1. The lowest BCUT2D eigenvalue weighted by Crippen LogP contribution is -2.56. The Labute approximate surface area is 215 Å². The quantitative estimate of drug-likeness (QED) is 0.567. The molecule has 7 heteroatoms. The van der Waals surface area contributed by atoms with Crippen LogP contribution in [0.25, 0.3) is 0 Å². The molecule has 3 aliphatic rings. The van der Waals surface area contributed by atoms with E-state index in [-0.39, 0.29) is 24.7 Å². The van der Waals surface area contributed by atoms with Crippen molar-refractivity contribution in [2.24, 2.45) is 5.92 Å². The number of aromatic nitrogens is 1. The second-order valence-corrected chi connectivity index (χ2v) is 10.8. The number of amides is 1. The van der Waals surface area contributed by atoms with Crippen LogP contribution in [0.3, 0.4) is 0 Å². The summed E-state index contributed by atoms with van der Waals surface area (Å²) in [4.78, 5) is 31.2. The minimum absolute atomic E-state index is 0.151. The third-order valence-corrected chi connectivity index (χ3v) is 8.30. The van der Waals surface area contributed by atoms with Gasteiger partial charge in [-0.1, -0.05) is 43.5 Å². The standard InChI is InChI=1S/C29H40BN3O3/c1-19-8-6-7-13-30(15-23-9-11-24(12-10-23)33-17-25(18-33)36-5)22(4)27(19)29(35)31-16-26-20(2)14-21(3)32-28(26)34/h6-8,13-14,23-25H,1,9-12,15-18H2,2-5H3,(H,31,35)(H,32,34)/b8-6-,13-7-,27-22+. The zero-order valence-corrected chi connectivity index (χ0v) is 22.2. The average Bonchev–Trinajstić information content (AvgIpc) is 2.80. The van der Waals surface area contributed by atoms with Gasteiger partial charge in [-0.3, -0.25) is 14.5 Å². The van der Waals surface area contributed by atoms with E-state index in [2.05, 4.69) is 40.8 Å². The van der Waals surface area contributed by atoms with Crippen LogP contribution in [-0.4, -0.2) is 54.8 Å². The van der Waals surface area contributed by atoms with Crippen molar-refractivity contribution in [2.75, 3.05) is 20.2 Å². The molecule has 6 nitrogen and oxygen atoms in total. The van der Waals surface area contributed by atoms with Crippen LogP contribution < -0.4 is 10.9 Å². The summed E-state index contributed by atoms with van der Waals surface area (Å²) in [5.41, 5.74) is 4.54. The average molecular weight is 489 g/mol. The Kier molecular flexibility index (Phi) is 8.52. The SMILES string of the molecule is C=C1/C=C\C=C/B(CC2CCC(N3CC(OC)C3)CC2)/C(C)=C\1C(=O)NCc1c(C)cc(C)[nH]c1=O. The van der Waals surface area contributed by atoms with Crippen LogP contribution in [0.2, 0.25) is 6.32 Å². The number of carbonyl (C=O) groups excluding carboxylic acids is 1. The van der Waals surface area contributed by atoms with E-state index in [1.807, 2.05) is 32.1 Å². The third kappa shape index (κ3) is 6.01. The number of allylic oxidation sites excluding steroid dienone is 4. The Morgan fingerprint density at radius 2 is 1.92 bits per heavy atom. The summed E-state index contributed by atoms with van der Waals surface area (Å²) < 4.78 is 5.44. The van der Waals surface area contributed by atoms with Gasteiger partial charge in [0.25, 0.3) is 11.5 Å². The van der Waals surface area contributed by atoms with E-state index < -0.39 is 0 Å². The largest absolute Gasteiger partial charge is 0.379 e. The van der Waals surface area contributed by atoms with Gasteiger partial charge in [0, 0.05) is 49.6 Å². The summed E-state index contributed by atoms with van der Waals surface area (Å²) in [5.74, 6) is 2.71. The van der Waals surface area contributed by atoms with Gasteiger partial charge < -0.3 is 15.0 Å². The van der Waals surface area contributed by atoms with Gasteiger partial charge in [0.15, 0.2) is 6.71 Å². The van der Waals surface area contributed by atoms with Gasteiger partial charge in [0.05, 0.1) is 6.10 Å². The molecule has 0 radical (unpaired) electrons. The maximum absolute atomic E-state index is 13.4. The van der Waals surface area contributed by atoms with Gasteiger partial charge in [-0.05, 0) is 62.7 Å². The number of nitrogens with one attached hydrogen (secondary N) is 2. The number of likely N-dealkylation sites (tertiary alicyclic amines) is 1. The first-order chi connectivity index (χ1) is 17.3. The number of aromatic amines is 1. The Balaban J connectivity index is 1.42. The number of nitrogens with zero attached hydrogens (tertiary/aromatic N) is 1. The molecule has 3 heterocycles. The van der Waals surface area contributed by atoms with Gasteiger partial charge in [-0.2, -0.15) is 0 Å². The number of H-pyrrole nitrogens is 1. The molecule has 36 heavy (non-hydrogen) atoms. The first-order valence-electron chi connectivity index (χ1n) is 13.3. The van der Waals surface area contributed by atoms with Gasteiger partial charge in [0.1, 0.15) is 0 Å². The Hall–Kier alpha value is -2.64. The number of pyridine rings is 1. The highest BCUT2D eigenvalue weighted by molar-refractivity contribution is 6.72. The molecule has 1 aliphatic carbocycles. The number of aryl methyl sites for hydroxylation is 2. The second-order valence-electron chi connectivity index (χ2n) is 10.8. The van der Waals surface area contributed by atoms with Gasteiger partial charge >= 0.3 is 0 Å². The Bertz CT molecular complexity index is 1130. The molecule has 2 aliphatic heterocycles. The smallest absolute Gasteiger partial charge is 0.253 e. The minimum atomic E-state index is -0.170. The fourth-order valence-electron chi connectivity index (χ4n) is 6.00. The Morgan fingerprint density at radius 1 is 1.19 bits per heavy atom. The van der Waals surface area contributed by atoms with E-state index >= 15 is 0 Å². The monoisotopic (exact) mass is 489 g/mol. The second kappa shape index (κ2) is 11.6. The van der Waals surface area contributed by atoms with E-state index in [1.54, 1.807) is 7.11 Å². The van der Waals surface area contributed by atoms with Crippen molar-refractivity contribution in [1.29, 1.82) is 0 Å². The zero-order valence-electron chi connectivity index (χ0n) is 22.2. The summed E-state index contributed by atoms with van der Waals surface area (Å²) in [6.07, 6.45) is 12.3. The van der Waals surface area contributed by atoms with Crippen molar-refractivity contribution in [1.82, 2.24) is 15.2 Å². The maximum atomic E-state index is 13.4. The normalized spacial score (nSPS) is 27.2. The highest BCUT2D eigenvalue weighted by atomic mass is 16.5. The first-order valence-corrected chi connectivity index (χ1v) is 13.3.